The molecule has 0 aliphatic rings. The maximum absolute atomic E-state index is 4.10. The summed E-state index contributed by atoms with van der Waals surface area (Å²) >= 11 is 0. The van der Waals surface area contributed by atoms with E-state index in [1.807, 2.05) is 36.7 Å². The zero-order valence-corrected chi connectivity index (χ0v) is 11.4. The number of benzene rings is 1. The van der Waals surface area contributed by atoms with Crippen molar-refractivity contribution in [2.24, 2.45) is 0 Å². The second-order valence-corrected chi connectivity index (χ2v) is 3.33. The molecule has 0 amide bonds. The van der Waals surface area contributed by atoms with E-state index in [2.05, 4.69) is 28.3 Å². The Labute approximate surface area is 119 Å². The van der Waals surface area contributed by atoms with Gasteiger partial charge in [-0.3, -0.25) is 0 Å². The van der Waals surface area contributed by atoms with Crippen molar-refractivity contribution in [3.63, 3.8) is 0 Å². The summed E-state index contributed by atoms with van der Waals surface area (Å²) < 4.78 is 0. The molecule has 0 saturated heterocycles. The number of hydrogen-bond donors (Lipinski definition) is 1. The van der Waals surface area contributed by atoms with Gasteiger partial charge in [0.15, 0.2) is 0 Å². The molecule has 0 atom stereocenters. The Morgan fingerprint density at radius 3 is 2.88 bits per heavy atom. The van der Waals surface area contributed by atoms with Crippen molar-refractivity contribution < 1.29 is 32.7 Å². The molecule has 1 N–H and O–H groups in total. The van der Waals surface area contributed by atoms with E-state index in [9.17, 15) is 0 Å². The van der Waals surface area contributed by atoms with E-state index in [4.69, 9.17) is 0 Å². The number of aromatic amines is 1. The Hall–Kier alpha value is -0.986. The fourth-order valence-electron chi connectivity index (χ4n) is 1.69. The summed E-state index contributed by atoms with van der Waals surface area (Å²) in [4.78, 5) is 7.22. The van der Waals surface area contributed by atoms with Gasteiger partial charge >= 0.3 is 0 Å². The molecule has 3 rings (SSSR count). The fourth-order valence-corrected chi connectivity index (χ4v) is 1.69. The minimum Gasteiger partial charge on any atom is -0.474 e. The summed E-state index contributed by atoms with van der Waals surface area (Å²) in [5.74, 6) is 0. The largest absolute Gasteiger partial charge is 0.474 e. The molecule has 3 aromatic rings. The number of hydrogen-bond acceptors (Lipinski definition) is 1. The number of pyridine rings is 1. The third-order valence-corrected chi connectivity index (χ3v) is 2.40. The van der Waals surface area contributed by atoms with Crippen molar-refractivity contribution in [1.82, 2.24) is 9.97 Å². The smallest absolute Gasteiger partial charge is 0 e. The topological polar surface area (TPSA) is 28.7 Å². The van der Waals surface area contributed by atoms with Gasteiger partial charge in [0.2, 0.25) is 0 Å². The van der Waals surface area contributed by atoms with Crippen molar-refractivity contribution in [1.29, 1.82) is 0 Å². The van der Waals surface area contributed by atoms with Crippen molar-refractivity contribution >= 4 is 10.8 Å². The number of nitrogens with zero attached hydrogens (tertiary/aromatic N) is 1. The van der Waals surface area contributed by atoms with Gasteiger partial charge in [-0.25, -0.2) is 11.6 Å². The van der Waals surface area contributed by atoms with E-state index in [0.717, 1.165) is 22.0 Å². The van der Waals surface area contributed by atoms with Gasteiger partial charge in [-0.15, -0.1) is 18.5 Å². The molecule has 3 heteroatoms. The van der Waals surface area contributed by atoms with Crippen molar-refractivity contribution in [3.05, 3.63) is 55.0 Å². The van der Waals surface area contributed by atoms with Gasteiger partial charge in [0.25, 0.3) is 0 Å². The molecule has 0 saturated carbocycles. The monoisotopic (exact) mass is 281 g/mol. The van der Waals surface area contributed by atoms with E-state index in [0.29, 0.717) is 0 Å². The van der Waals surface area contributed by atoms with Crippen molar-refractivity contribution in [2.75, 3.05) is 0 Å². The van der Waals surface area contributed by atoms with Crippen LogP contribution in [0.4, 0.5) is 0 Å². The predicted molar refractivity (Wildman–Crippen MR) is 59.2 cm³/mol. The summed E-state index contributed by atoms with van der Waals surface area (Å²) in [6.07, 6.45) is 6.67. The van der Waals surface area contributed by atoms with E-state index in [-0.39, 0.29) is 32.7 Å². The van der Waals surface area contributed by atoms with Crippen LogP contribution in [0, 0.1) is 12.3 Å². The molecule has 0 unspecified atom stereocenters. The second-order valence-electron chi connectivity index (χ2n) is 3.33. The van der Waals surface area contributed by atoms with Gasteiger partial charge in [-0.2, -0.15) is 17.1 Å². The number of rotatable bonds is 1. The first-order valence-corrected chi connectivity index (χ1v) is 4.76. The fraction of sp³-hybridized carbons (Fsp3) is 0. The van der Waals surface area contributed by atoms with Crippen molar-refractivity contribution in [2.45, 2.75) is 0 Å². The Balaban J connectivity index is 0.000000963. The zero-order chi connectivity index (χ0) is 10.1. The Bertz CT molecular complexity index is 582. The van der Waals surface area contributed by atoms with Gasteiger partial charge in [-0.05, 0) is 0 Å². The van der Waals surface area contributed by atoms with Crippen LogP contribution in [-0.4, -0.2) is 9.97 Å². The summed E-state index contributed by atoms with van der Waals surface area (Å²) in [6.45, 7) is 0. The Kier molecular flexibility index (Phi) is 3.52. The molecule has 0 aliphatic carbocycles. The molecule has 0 aliphatic heterocycles. The molecule has 2 nitrogen and oxygen atoms in total. The van der Waals surface area contributed by atoms with Gasteiger partial charge in [0.1, 0.15) is 0 Å². The van der Waals surface area contributed by atoms with Gasteiger partial charge in [0.05, 0.1) is 0 Å². The van der Waals surface area contributed by atoms with E-state index < -0.39 is 0 Å². The van der Waals surface area contributed by atoms with Crippen LogP contribution < -0.4 is 0 Å². The van der Waals surface area contributed by atoms with E-state index in [1.54, 1.807) is 0 Å². The number of fused-ring (bicyclic) bond motifs is 1. The maximum atomic E-state index is 4.10. The summed E-state index contributed by atoms with van der Waals surface area (Å²) in [6, 6.07) is 13.1. The molecular weight excluding hydrogens is 273 g/mol. The minimum atomic E-state index is 0. The van der Waals surface area contributed by atoms with Gasteiger partial charge < -0.3 is 9.97 Å². The molecule has 1 radical (unpaired) electrons. The first kappa shape index (κ1) is 11.5. The summed E-state index contributed by atoms with van der Waals surface area (Å²) in [5, 5.41) is 2.26. The molecule has 1 aromatic carbocycles. The standard InChI is InChI=1S/C13H8N2.Y/c1-2-5-11-10(4-1)8-14-9-12(11)13-6-3-7-15-13;/h1-5,7-8,15H;/q-2;. The van der Waals surface area contributed by atoms with E-state index in [1.165, 1.54) is 0 Å². The molecule has 2 heterocycles. The van der Waals surface area contributed by atoms with Crippen LogP contribution in [0.15, 0.2) is 42.7 Å². The summed E-state index contributed by atoms with van der Waals surface area (Å²) in [7, 11) is 0. The number of aromatic nitrogens is 2. The quantitative estimate of drug-likeness (QED) is 0.683. The van der Waals surface area contributed by atoms with Crippen LogP contribution >= 0.6 is 0 Å². The maximum Gasteiger partial charge on any atom is 0 e. The average Bonchev–Trinajstić information content (AvgIpc) is 2.82. The molecular formula is C13H8N2Y-2. The average molecular weight is 281 g/mol. The van der Waals surface area contributed by atoms with Crippen molar-refractivity contribution in [3.8, 4) is 11.3 Å². The number of nitrogens with one attached hydrogen (secondary N) is 1. The van der Waals surface area contributed by atoms with Crippen LogP contribution in [0.2, 0.25) is 0 Å². The first-order valence-electron chi connectivity index (χ1n) is 4.76. The second kappa shape index (κ2) is 4.90. The van der Waals surface area contributed by atoms with E-state index >= 15 is 0 Å². The Morgan fingerprint density at radius 2 is 2.06 bits per heavy atom. The third kappa shape index (κ3) is 1.95. The number of H-pyrrole nitrogens is 1. The molecule has 0 fully saturated rings. The molecule has 0 spiro atoms. The van der Waals surface area contributed by atoms with Crippen LogP contribution in [-0.2, 0) is 32.7 Å². The Morgan fingerprint density at radius 1 is 1.19 bits per heavy atom. The molecule has 16 heavy (non-hydrogen) atoms. The minimum absolute atomic E-state index is 0. The van der Waals surface area contributed by atoms with Crippen LogP contribution in [0.1, 0.15) is 0 Å². The zero-order valence-electron chi connectivity index (χ0n) is 8.57. The third-order valence-electron chi connectivity index (χ3n) is 2.40. The first-order chi connectivity index (χ1) is 7.45. The normalized spacial score (nSPS) is 10.0. The van der Waals surface area contributed by atoms with Gasteiger partial charge in [-0.1, -0.05) is 29.8 Å². The van der Waals surface area contributed by atoms with Crippen LogP contribution in [0.5, 0.6) is 0 Å². The van der Waals surface area contributed by atoms with Crippen LogP contribution in [0.25, 0.3) is 22.0 Å². The molecule has 2 aromatic heterocycles. The van der Waals surface area contributed by atoms with Crippen LogP contribution in [0.3, 0.4) is 0 Å². The van der Waals surface area contributed by atoms with Gasteiger partial charge in [0, 0.05) is 32.7 Å². The molecule has 0 bridgehead atoms. The SMILES string of the molecule is [Y].[c-]1cc[nH]c1-c1[c-]ncc2ccccc12. The predicted octanol–water partition coefficient (Wildman–Crippen LogP) is 2.83. The summed E-state index contributed by atoms with van der Waals surface area (Å²) in [5.41, 5.74) is 1.90. The molecule has 75 valence electrons.